The maximum absolute atomic E-state index is 4.14. The molecule has 1 rings (SSSR count). The zero-order valence-electron chi connectivity index (χ0n) is 10.9. The fourth-order valence-electron chi connectivity index (χ4n) is 1.27. The number of nitrogens with zero attached hydrogens (tertiary/aromatic N) is 1. The molecule has 0 radical (unpaired) electrons. The van der Waals surface area contributed by atoms with Gasteiger partial charge in [0.2, 0.25) is 0 Å². The van der Waals surface area contributed by atoms with Crippen LogP contribution in [0, 0.1) is 20.8 Å². The average Bonchev–Trinajstić information content (AvgIpc) is 2.24. The summed E-state index contributed by atoms with van der Waals surface area (Å²) < 4.78 is 0. The quantitative estimate of drug-likeness (QED) is 0.660. The van der Waals surface area contributed by atoms with Gasteiger partial charge in [-0.2, -0.15) is 0 Å². The van der Waals surface area contributed by atoms with E-state index in [1.165, 1.54) is 36.8 Å². The summed E-state index contributed by atoms with van der Waals surface area (Å²) in [7, 11) is 0. The normalized spacial score (nSPS) is 9.40. The molecule has 86 valence electrons. The summed E-state index contributed by atoms with van der Waals surface area (Å²) in [6.07, 6.45) is 7.38. The van der Waals surface area contributed by atoms with Crippen molar-refractivity contribution in [3.63, 3.8) is 0 Å². The lowest BCUT2D eigenvalue weighted by Crippen LogP contribution is -1.87. The van der Waals surface area contributed by atoms with Crippen molar-refractivity contribution >= 4 is 0 Å². The van der Waals surface area contributed by atoms with Crippen LogP contribution < -0.4 is 0 Å². The monoisotopic (exact) mass is 207 g/mol. The molecule has 0 spiro atoms. The van der Waals surface area contributed by atoms with Crippen LogP contribution in [-0.2, 0) is 0 Å². The first-order valence-electron chi connectivity index (χ1n) is 6.02. The van der Waals surface area contributed by atoms with E-state index in [1.807, 2.05) is 19.2 Å². The van der Waals surface area contributed by atoms with Crippen molar-refractivity contribution in [2.24, 2.45) is 0 Å². The van der Waals surface area contributed by atoms with Gasteiger partial charge >= 0.3 is 0 Å². The van der Waals surface area contributed by atoms with E-state index in [0.29, 0.717) is 0 Å². The Kier molecular flexibility index (Phi) is 7.98. The molecular formula is C14H25N. The van der Waals surface area contributed by atoms with Gasteiger partial charge in [-0.1, -0.05) is 39.5 Å². The molecule has 0 bridgehead atoms. The van der Waals surface area contributed by atoms with Gasteiger partial charge < -0.3 is 0 Å². The van der Waals surface area contributed by atoms with E-state index in [-0.39, 0.29) is 0 Å². The molecule has 0 amide bonds. The largest absolute Gasteiger partial charge is 0.261 e. The zero-order chi connectivity index (χ0) is 11.7. The first-order valence-corrected chi connectivity index (χ1v) is 6.02. The first-order chi connectivity index (χ1) is 7.13. The van der Waals surface area contributed by atoms with Crippen LogP contribution in [0.15, 0.2) is 12.3 Å². The second kappa shape index (κ2) is 8.46. The van der Waals surface area contributed by atoms with Crippen LogP contribution in [-0.4, -0.2) is 4.98 Å². The lowest BCUT2D eigenvalue weighted by molar-refractivity contribution is 0.702. The van der Waals surface area contributed by atoms with Gasteiger partial charge in [0.05, 0.1) is 0 Å². The third-order valence-electron chi connectivity index (χ3n) is 2.68. The minimum atomic E-state index is 1.13. The number of aryl methyl sites for hydroxylation is 2. The van der Waals surface area contributed by atoms with Gasteiger partial charge in [-0.05, 0) is 38.0 Å². The molecule has 15 heavy (non-hydrogen) atoms. The Labute approximate surface area is 94.9 Å². The maximum Gasteiger partial charge on any atom is 0.0404 e. The predicted octanol–water partition coefficient (Wildman–Crippen LogP) is 4.59. The Hall–Kier alpha value is -0.850. The molecule has 1 nitrogen and oxygen atoms in total. The summed E-state index contributed by atoms with van der Waals surface area (Å²) in [6, 6.07) is 2.03. The lowest BCUT2D eigenvalue weighted by atomic mass is 10.1. The maximum atomic E-state index is 4.14. The van der Waals surface area contributed by atoms with Crippen molar-refractivity contribution in [1.82, 2.24) is 4.98 Å². The summed E-state index contributed by atoms with van der Waals surface area (Å²) in [5, 5.41) is 0. The van der Waals surface area contributed by atoms with Gasteiger partial charge in [0.15, 0.2) is 0 Å². The van der Waals surface area contributed by atoms with E-state index >= 15 is 0 Å². The van der Waals surface area contributed by atoms with Crippen molar-refractivity contribution < 1.29 is 0 Å². The highest BCUT2D eigenvalue weighted by Gasteiger charge is 1.93. The van der Waals surface area contributed by atoms with Crippen molar-refractivity contribution in [1.29, 1.82) is 0 Å². The molecular weight excluding hydrogens is 182 g/mol. The molecule has 0 unspecified atom stereocenters. The summed E-state index contributed by atoms with van der Waals surface area (Å²) >= 11 is 0. The fourth-order valence-corrected chi connectivity index (χ4v) is 1.27. The molecule has 0 aromatic carbocycles. The second-order valence-corrected chi connectivity index (χ2v) is 4.05. The van der Waals surface area contributed by atoms with E-state index in [9.17, 15) is 0 Å². The molecule has 0 N–H and O–H groups in total. The molecule has 1 aromatic heterocycles. The minimum absolute atomic E-state index is 1.13. The highest BCUT2D eigenvalue weighted by Crippen LogP contribution is 2.06. The van der Waals surface area contributed by atoms with Crippen LogP contribution in [0.3, 0.4) is 0 Å². The highest BCUT2D eigenvalue weighted by atomic mass is 14.7. The standard InChI is InChI=1S/C8H11N.C6H14/c1-6-4-5-9-8(3)7(6)2;1-3-5-6-4-2/h4-5H,1-3H3;3-6H2,1-2H3. The molecule has 0 fully saturated rings. The van der Waals surface area contributed by atoms with Crippen molar-refractivity contribution in [3.8, 4) is 0 Å². The van der Waals surface area contributed by atoms with Crippen LogP contribution in [0.1, 0.15) is 56.4 Å². The Morgan fingerprint density at radius 1 is 1.00 bits per heavy atom. The van der Waals surface area contributed by atoms with E-state index in [0.717, 1.165) is 5.69 Å². The SMILES string of the molecule is CCCCCC.Cc1ccnc(C)c1C. The van der Waals surface area contributed by atoms with Gasteiger partial charge in [0.25, 0.3) is 0 Å². The van der Waals surface area contributed by atoms with E-state index in [4.69, 9.17) is 0 Å². The van der Waals surface area contributed by atoms with Gasteiger partial charge in [-0.25, -0.2) is 0 Å². The molecule has 0 aliphatic rings. The molecule has 1 heteroatoms. The van der Waals surface area contributed by atoms with Crippen LogP contribution in [0.25, 0.3) is 0 Å². The van der Waals surface area contributed by atoms with Crippen LogP contribution >= 0.6 is 0 Å². The van der Waals surface area contributed by atoms with Crippen molar-refractivity contribution in [2.45, 2.75) is 60.3 Å². The molecule has 0 atom stereocenters. The summed E-state index contributed by atoms with van der Waals surface area (Å²) in [5.41, 5.74) is 3.76. The van der Waals surface area contributed by atoms with Crippen LogP contribution in [0.2, 0.25) is 0 Å². The van der Waals surface area contributed by atoms with Gasteiger partial charge in [-0.15, -0.1) is 0 Å². The Morgan fingerprint density at radius 3 is 1.87 bits per heavy atom. The Bertz CT molecular complexity index is 242. The van der Waals surface area contributed by atoms with Crippen molar-refractivity contribution in [2.75, 3.05) is 0 Å². The molecule has 0 aliphatic heterocycles. The van der Waals surface area contributed by atoms with Gasteiger partial charge in [0, 0.05) is 11.9 Å². The molecule has 0 saturated heterocycles. The number of hydrogen-bond donors (Lipinski definition) is 0. The second-order valence-electron chi connectivity index (χ2n) is 4.05. The Morgan fingerprint density at radius 2 is 1.53 bits per heavy atom. The third kappa shape index (κ3) is 6.27. The van der Waals surface area contributed by atoms with Crippen LogP contribution in [0.5, 0.6) is 0 Å². The Balaban J connectivity index is 0.000000288. The van der Waals surface area contributed by atoms with Gasteiger partial charge in [-0.3, -0.25) is 4.98 Å². The number of aromatic nitrogens is 1. The summed E-state index contributed by atoms with van der Waals surface area (Å²) in [6.45, 7) is 10.7. The smallest absolute Gasteiger partial charge is 0.0404 e. The third-order valence-corrected chi connectivity index (χ3v) is 2.68. The highest BCUT2D eigenvalue weighted by molar-refractivity contribution is 5.25. The van der Waals surface area contributed by atoms with E-state index < -0.39 is 0 Å². The minimum Gasteiger partial charge on any atom is -0.261 e. The van der Waals surface area contributed by atoms with Crippen molar-refractivity contribution in [3.05, 3.63) is 29.1 Å². The number of hydrogen-bond acceptors (Lipinski definition) is 1. The lowest BCUT2D eigenvalue weighted by Gasteiger charge is -1.99. The topological polar surface area (TPSA) is 12.9 Å². The fraction of sp³-hybridized carbons (Fsp3) is 0.643. The summed E-state index contributed by atoms with van der Waals surface area (Å²) in [4.78, 5) is 4.14. The predicted molar refractivity (Wildman–Crippen MR) is 68.3 cm³/mol. The first kappa shape index (κ1) is 14.2. The number of rotatable bonds is 3. The van der Waals surface area contributed by atoms with Crippen LogP contribution in [0.4, 0.5) is 0 Å². The average molecular weight is 207 g/mol. The zero-order valence-corrected chi connectivity index (χ0v) is 10.9. The van der Waals surface area contributed by atoms with E-state index in [1.54, 1.807) is 0 Å². The number of pyridine rings is 1. The molecule has 0 aliphatic carbocycles. The molecule has 1 heterocycles. The number of unbranched alkanes of at least 4 members (excludes halogenated alkanes) is 3. The summed E-state index contributed by atoms with van der Waals surface area (Å²) in [5.74, 6) is 0. The molecule has 0 saturated carbocycles. The van der Waals surface area contributed by atoms with E-state index in [2.05, 4.69) is 32.7 Å². The molecule has 1 aromatic rings. The van der Waals surface area contributed by atoms with Gasteiger partial charge in [0.1, 0.15) is 0 Å².